The van der Waals surface area contributed by atoms with Crippen molar-refractivity contribution in [2.45, 2.75) is 38.3 Å². The van der Waals surface area contributed by atoms with Crippen LogP contribution in [0.5, 0.6) is 0 Å². The number of amides is 2. The van der Waals surface area contributed by atoms with Gasteiger partial charge in [0.2, 0.25) is 11.0 Å². The second-order valence-electron chi connectivity index (χ2n) is 8.26. The summed E-state index contributed by atoms with van der Waals surface area (Å²) in [6, 6.07) is 19.5. The van der Waals surface area contributed by atoms with Crippen LogP contribution in [0.15, 0.2) is 77.7 Å². The van der Waals surface area contributed by atoms with Crippen LogP contribution in [0.3, 0.4) is 0 Å². The first-order chi connectivity index (χ1) is 18.0. The molecule has 0 aliphatic rings. The number of hydrogen-bond acceptors (Lipinski definition) is 8. The molecule has 2 aromatic heterocycles. The van der Waals surface area contributed by atoms with E-state index in [2.05, 4.69) is 25.8 Å². The molecule has 0 saturated heterocycles. The quantitative estimate of drug-likeness (QED) is 0.259. The zero-order valence-corrected chi connectivity index (χ0v) is 20.7. The van der Waals surface area contributed by atoms with Crippen LogP contribution in [0.2, 0.25) is 0 Å². The lowest BCUT2D eigenvalue weighted by Crippen LogP contribution is -2.27. The molecular formula is C26H26N6O4S. The van der Waals surface area contributed by atoms with Crippen LogP contribution in [0.25, 0.3) is 0 Å². The monoisotopic (exact) mass is 518 g/mol. The smallest absolute Gasteiger partial charge is 0.349 e. The molecule has 2 heterocycles. The van der Waals surface area contributed by atoms with E-state index in [0.29, 0.717) is 30.1 Å². The fourth-order valence-corrected chi connectivity index (χ4v) is 4.36. The van der Waals surface area contributed by atoms with Gasteiger partial charge in [0.1, 0.15) is 10.8 Å². The van der Waals surface area contributed by atoms with Crippen molar-refractivity contribution in [3.05, 3.63) is 99.5 Å². The average molecular weight is 519 g/mol. The number of aromatic nitrogens is 4. The first kappa shape index (κ1) is 25.9. The van der Waals surface area contributed by atoms with Crippen LogP contribution < -0.4 is 16.3 Å². The van der Waals surface area contributed by atoms with E-state index in [0.717, 1.165) is 17.0 Å². The third-order valence-electron chi connectivity index (χ3n) is 5.45. The Hall–Kier alpha value is -4.22. The minimum Gasteiger partial charge on any atom is -0.378 e. The SMILES string of the molecule is O=C(Cc1ccccc1)Nc1nnc(CCCCn2ccc(NC(=O)[C@@H](O)c3ccccc3)nc2=O)s1. The molecule has 37 heavy (non-hydrogen) atoms. The maximum absolute atomic E-state index is 12.3. The number of aryl methyl sites for hydroxylation is 2. The van der Waals surface area contributed by atoms with Gasteiger partial charge in [-0.3, -0.25) is 14.2 Å². The Morgan fingerprint density at radius 3 is 2.41 bits per heavy atom. The molecule has 0 saturated carbocycles. The third kappa shape index (κ3) is 7.63. The fourth-order valence-electron chi connectivity index (χ4n) is 3.56. The molecule has 2 amide bonds. The van der Waals surface area contributed by atoms with Crippen molar-refractivity contribution in [3.63, 3.8) is 0 Å². The van der Waals surface area contributed by atoms with Gasteiger partial charge in [0, 0.05) is 19.2 Å². The number of anilines is 2. The lowest BCUT2D eigenvalue weighted by Gasteiger charge is -2.11. The first-order valence-electron chi connectivity index (χ1n) is 11.8. The van der Waals surface area contributed by atoms with Crippen molar-refractivity contribution in [2.75, 3.05) is 10.6 Å². The van der Waals surface area contributed by atoms with Crippen LogP contribution in [-0.4, -0.2) is 36.7 Å². The predicted molar refractivity (Wildman–Crippen MR) is 140 cm³/mol. The molecule has 1 atom stereocenters. The van der Waals surface area contributed by atoms with E-state index in [1.807, 2.05) is 30.3 Å². The van der Waals surface area contributed by atoms with Crippen molar-refractivity contribution in [1.82, 2.24) is 19.7 Å². The lowest BCUT2D eigenvalue weighted by molar-refractivity contribution is -0.124. The number of benzene rings is 2. The van der Waals surface area contributed by atoms with E-state index in [1.165, 1.54) is 22.0 Å². The van der Waals surface area contributed by atoms with E-state index in [-0.39, 0.29) is 18.1 Å². The van der Waals surface area contributed by atoms with Crippen molar-refractivity contribution >= 4 is 34.1 Å². The summed E-state index contributed by atoms with van der Waals surface area (Å²) in [4.78, 5) is 40.7. The minimum atomic E-state index is -1.36. The summed E-state index contributed by atoms with van der Waals surface area (Å²) in [5, 5.41) is 24.8. The molecule has 0 unspecified atom stereocenters. The Balaban J connectivity index is 1.20. The van der Waals surface area contributed by atoms with Crippen LogP contribution >= 0.6 is 11.3 Å². The van der Waals surface area contributed by atoms with Gasteiger partial charge in [-0.15, -0.1) is 10.2 Å². The summed E-state index contributed by atoms with van der Waals surface area (Å²) in [6.07, 6.45) is 2.61. The summed E-state index contributed by atoms with van der Waals surface area (Å²) < 4.78 is 1.46. The Labute approximate surface area is 217 Å². The van der Waals surface area contributed by atoms with Gasteiger partial charge in [-0.05, 0) is 30.0 Å². The normalized spacial score (nSPS) is 11.6. The number of hydrogen-bond donors (Lipinski definition) is 3. The standard InChI is InChI=1S/C26H26N6O4S/c33-21(17-18-9-3-1-4-10-18)29-25-31-30-22(37-25)13-7-8-15-32-16-14-20(28-26(32)36)27-24(35)23(34)19-11-5-2-6-12-19/h1-6,9-12,14,16,23,34H,7-8,13,15,17H2,(H,29,31,33)(H,27,28,35,36)/t23-/m0/s1. The highest BCUT2D eigenvalue weighted by Crippen LogP contribution is 2.18. The number of nitrogens with zero attached hydrogens (tertiary/aromatic N) is 4. The van der Waals surface area contributed by atoms with Crippen molar-refractivity contribution < 1.29 is 14.7 Å². The maximum atomic E-state index is 12.3. The Morgan fingerprint density at radius 1 is 0.946 bits per heavy atom. The van der Waals surface area contributed by atoms with Gasteiger partial charge in [0.05, 0.1) is 6.42 Å². The van der Waals surface area contributed by atoms with Crippen LogP contribution in [-0.2, 0) is 29.0 Å². The average Bonchev–Trinajstić information content (AvgIpc) is 3.35. The molecule has 4 rings (SSSR count). The second kappa shape index (κ2) is 12.7. The molecule has 0 fully saturated rings. The van der Waals surface area contributed by atoms with Crippen LogP contribution in [0.1, 0.15) is 35.1 Å². The Kier molecular flexibility index (Phi) is 8.84. The fraction of sp³-hybridized carbons (Fsp3) is 0.231. The van der Waals surface area contributed by atoms with E-state index in [9.17, 15) is 19.5 Å². The van der Waals surface area contributed by atoms with Gasteiger partial charge < -0.3 is 15.7 Å². The number of rotatable bonds is 11. The topological polar surface area (TPSA) is 139 Å². The minimum absolute atomic E-state index is 0.0805. The summed E-state index contributed by atoms with van der Waals surface area (Å²) in [5.41, 5.74) is 0.881. The van der Waals surface area contributed by atoms with E-state index >= 15 is 0 Å². The van der Waals surface area contributed by atoms with Crippen LogP contribution in [0.4, 0.5) is 10.9 Å². The molecule has 2 aromatic carbocycles. The van der Waals surface area contributed by atoms with Crippen molar-refractivity contribution in [1.29, 1.82) is 0 Å². The van der Waals surface area contributed by atoms with Gasteiger partial charge in [-0.25, -0.2) is 4.79 Å². The number of nitrogens with one attached hydrogen (secondary N) is 2. The molecule has 0 radical (unpaired) electrons. The molecule has 0 aliphatic carbocycles. The maximum Gasteiger partial charge on any atom is 0.349 e. The molecule has 0 aliphatic heterocycles. The second-order valence-corrected chi connectivity index (χ2v) is 9.32. The lowest BCUT2D eigenvalue weighted by atomic mass is 10.1. The van der Waals surface area contributed by atoms with E-state index in [4.69, 9.17) is 0 Å². The number of carbonyl (C=O) groups excluding carboxylic acids is 2. The molecule has 0 spiro atoms. The predicted octanol–water partition coefficient (Wildman–Crippen LogP) is 2.97. The van der Waals surface area contributed by atoms with Gasteiger partial charge in [-0.1, -0.05) is 72.0 Å². The summed E-state index contributed by atoms with van der Waals surface area (Å²) in [6.45, 7) is 0.451. The third-order valence-corrected chi connectivity index (χ3v) is 6.35. The number of unbranched alkanes of at least 4 members (excludes halogenated alkanes) is 1. The molecule has 4 aromatic rings. The Morgan fingerprint density at radius 2 is 1.68 bits per heavy atom. The zero-order valence-electron chi connectivity index (χ0n) is 19.9. The zero-order chi connectivity index (χ0) is 26.0. The van der Waals surface area contributed by atoms with Crippen LogP contribution in [0, 0.1) is 0 Å². The van der Waals surface area contributed by atoms with Gasteiger partial charge >= 0.3 is 5.69 Å². The summed E-state index contributed by atoms with van der Waals surface area (Å²) >= 11 is 1.33. The highest BCUT2D eigenvalue weighted by molar-refractivity contribution is 7.15. The molecule has 0 bridgehead atoms. The molecule has 190 valence electrons. The van der Waals surface area contributed by atoms with E-state index < -0.39 is 17.7 Å². The van der Waals surface area contributed by atoms with Gasteiger partial charge in [0.25, 0.3) is 5.91 Å². The molecule has 10 nitrogen and oxygen atoms in total. The Bertz CT molecular complexity index is 1390. The molecule has 11 heteroatoms. The largest absolute Gasteiger partial charge is 0.378 e. The van der Waals surface area contributed by atoms with Crippen molar-refractivity contribution in [3.8, 4) is 0 Å². The number of aliphatic hydroxyl groups is 1. The van der Waals surface area contributed by atoms with Gasteiger partial charge in [0.15, 0.2) is 6.10 Å². The van der Waals surface area contributed by atoms with Gasteiger partial charge in [-0.2, -0.15) is 4.98 Å². The van der Waals surface area contributed by atoms with E-state index in [1.54, 1.807) is 36.5 Å². The number of aliphatic hydroxyl groups excluding tert-OH is 1. The highest BCUT2D eigenvalue weighted by Gasteiger charge is 2.18. The first-order valence-corrected chi connectivity index (χ1v) is 12.6. The summed E-state index contributed by atoms with van der Waals surface area (Å²) in [5.74, 6) is -0.726. The highest BCUT2D eigenvalue weighted by atomic mass is 32.1. The molecular weight excluding hydrogens is 492 g/mol. The number of carbonyl (C=O) groups is 2. The molecule has 3 N–H and O–H groups in total. The van der Waals surface area contributed by atoms with Crippen molar-refractivity contribution in [2.24, 2.45) is 0 Å². The summed E-state index contributed by atoms with van der Waals surface area (Å²) in [7, 11) is 0.